The molecule has 0 aromatic rings. The molecule has 0 aliphatic heterocycles. The molecule has 4 nitrogen and oxygen atoms in total. The van der Waals surface area contributed by atoms with E-state index in [1.165, 1.54) is 19.8 Å². The van der Waals surface area contributed by atoms with Gasteiger partial charge in [0.1, 0.15) is 11.9 Å². The number of hydrogen-bond donors (Lipinski definition) is 1. The van der Waals surface area contributed by atoms with E-state index >= 15 is 0 Å². The van der Waals surface area contributed by atoms with E-state index in [2.05, 4.69) is 13.8 Å². The molecule has 0 amide bonds. The third-order valence-corrected chi connectivity index (χ3v) is 9.46. The molecule has 4 unspecified atom stereocenters. The van der Waals surface area contributed by atoms with Crippen LogP contribution >= 0.6 is 0 Å². The molecule has 0 spiro atoms. The van der Waals surface area contributed by atoms with E-state index in [9.17, 15) is 14.7 Å². The lowest BCUT2D eigenvalue weighted by Gasteiger charge is -2.60. The molecule has 0 aromatic carbocycles. The van der Waals surface area contributed by atoms with Gasteiger partial charge in [0.25, 0.3) is 0 Å². The van der Waals surface area contributed by atoms with Crippen molar-refractivity contribution in [3.05, 3.63) is 0 Å². The summed E-state index contributed by atoms with van der Waals surface area (Å²) >= 11 is 0. The summed E-state index contributed by atoms with van der Waals surface area (Å²) in [7, 11) is 0. The Morgan fingerprint density at radius 3 is 2.56 bits per heavy atom. The van der Waals surface area contributed by atoms with Crippen LogP contribution in [0.3, 0.4) is 0 Å². The maximum Gasteiger partial charge on any atom is 0.302 e. The van der Waals surface area contributed by atoms with Crippen LogP contribution in [0.15, 0.2) is 0 Å². The Hall–Kier alpha value is -0.900. The van der Waals surface area contributed by atoms with Gasteiger partial charge < -0.3 is 9.84 Å². The summed E-state index contributed by atoms with van der Waals surface area (Å²) < 4.78 is 5.53. The van der Waals surface area contributed by atoms with Crippen LogP contribution in [-0.4, -0.2) is 29.1 Å². The minimum absolute atomic E-state index is 0.0628. The average molecular weight is 377 g/mol. The monoisotopic (exact) mass is 376 g/mol. The topological polar surface area (TPSA) is 63.6 Å². The van der Waals surface area contributed by atoms with Gasteiger partial charge in [0.15, 0.2) is 0 Å². The van der Waals surface area contributed by atoms with E-state index in [1.54, 1.807) is 0 Å². The van der Waals surface area contributed by atoms with Gasteiger partial charge in [-0.05, 0) is 86.9 Å². The fourth-order valence-electron chi connectivity index (χ4n) is 8.08. The highest BCUT2D eigenvalue weighted by atomic mass is 16.5. The molecule has 1 N–H and O–H groups in total. The zero-order valence-corrected chi connectivity index (χ0v) is 17.4. The highest BCUT2D eigenvalue weighted by molar-refractivity contribution is 5.87. The first kappa shape index (κ1) is 19.4. The lowest BCUT2D eigenvalue weighted by atomic mass is 9.44. The Kier molecular flexibility index (Phi) is 4.73. The van der Waals surface area contributed by atoms with Gasteiger partial charge in [0.2, 0.25) is 0 Å². The number of aliphatic hydroxyl groups is 1. The van der Waals surface area contributed by atoms with Crippen molar-refractivity contribution in [3.63, 3.8) is 0 Å². The Bertz CT molecular complexity index is 628. The van der Waals surface area contributed by atoms with Crippen molar-refractivity contribution in [2.75, 3.05) is 0 Å². The van der Waals surface area contributed by atoms with Gasteiger partial charge in [0.05, 0.1) is 6.10 Å². The van der Waals surface area contributed by atoms with Crippen LogP contribution in [0.25, 0.3) is 0 Å². The standard InChI is InChI=1S/C23H36O4/c1-13(24)18-7-8-19-17-6-5-15-11-16(27-14(2)25)9-10-22(15,3)20(17)12-21(26)23(18,19)4/h13,15-20,24H,5-12H2,1-4H3/t13?,15-,16-,17?,18+,19?,20?,22-,23+/m0/s1. The molecule has 4 aliphatic rings. The summed E-state index contributed by atoms with van der Waals surface area (Å²) in [6.45, 7) is 7.94. The average Bonchev–Trinajstić information content (AvgIpc) is 2.95. The molecule has 152 valence electrons. The Balaban J connectivity index is 1.58. The summed E-state index contributed by atoms with van der Waals surface area (Å²) in [4.78, 5) is 24.8. The van der Waals surface area contributed by atoms with Crippen molar-refractivity contribution in [2.24, 2.45) is 40.4 Å². The van der Waals surface area contributed by atoms with E-state index in [0.717, 1.165) is 32.1 Å². The van der Waals surface area contributed by atoms with Crippen molar-refractivity contribution in [1.82, 2.24) is 0 Å². The summed E-state index contributed by atoms with van der Waals surface area (Å²) in [5, 5.41) is 10.3. The molecule has 0 bridgehead atoms. The van der Waals surface area contributed by atoms with Gasteiger partial charge in [-0.15, -0.1) is 0 Å². The maximum atomic E-state index is 13.4. The summed E-state index contributed by atoms with van der Waals surface area (Å²) in [5.74, 6) is 2.43. The summed E-state index contributed by atoms with van der Waals surface area (Å²) in [6.07, 6.45) is 7.78. The third kappa shape index (κ3) is 2.81. The first-order valence-corrected chi connectivity index (χ1v) is 11.1. The first-order valence-electron chi connectivity index (χ1n) is 11.1. The SMILES string of the molecule is CC(=O)O[C@H]1CC[C@]2(C)C3CC(=O)[C@@]4(C)C(CC[C@@H]4C(C)O)C3CC[C@H]2C1. The van der Waals surface area contributed by atoms with Gasteiger partial charge in [-0.25, -0.2) is 0 Å². The van der Waals surface area contributed by atoms with Gasteiger partial charge in [-0.3, -0.25) is 9.59 Å². The molecule has 4 rings (SSSR count). The normalized spacial score (nSPS) is 50.3. The first-order chi connectivity index (χ1) is 12.7. The number of Topliss-reactive ketones (excluding diaryl/α,β-unsaturated/α-hetero) is 1. The lowest BCUT2D eigenvalue weighted by Crippen LogP contribution is -2.57. The number of esters is 1. The van der Waals surface area contributed by atoms with Crippen molar-refractivity contribution < 1.29 is 19.4 Å². The summed E-state index contributed by atoms with van der Waals surface area (Å²) in [5.41, 5.74) is -0.132. The fourth-order valence-corrected chi connectivity index (χ4v) is 8.08. The lowest BCUT2D eigenvalue weighted by molar-refractivity contribution is -0.168. The summed E-state index contributed by atoms with van der Waals surface area (Å²) in [6, 6.07) is 0. The van der Waals surface area contributed by atoms with Gasteiger partial charge in [0, 0.05) is 18.8 Å². The minimum Gasteiger partial charge on any atom is -0.463 e. The molecule has 0 radical (unpaired) electrons. The van der Waals surface area contributed by atoms with Gasteiger partial charge in [-0.1, -0.05) is 13.8 Å². The van der Waals surface area contributed by atoms with Crippen LogP contribution < -0.4 is 0 Å². The maximum absolute atomic E-state index is 13.4. The molecule has 0 saturated heterocycles. The highest BCUT2D eigenvalue weighted by Crippen LogP contribution is 2.66. The number of ether oxygens (including phenoxy) is 1. The quantitative estimate of drug-likeness (QED) is 0.736. The van der Waals surface area contributed by atoms with Crippen molar-refractivity contribution in [1.29, 1.82) is 0 Å². The van der Waals surface area contributed by atoms with E-state index in [-0.39, 0.29) is 28.8 Å². The van der Waals surface area contributed by atoms with Crippen LogP contribution in [-0.2, 0) is 14.3 Å². The molecule has 4 saturated carbocycles. The second kappa shape index (κ2) is 6.57. The molecule has 4 fully saturated rings. The number of fused-ring (bicyclic) bond motifs is 5. The number of aliphatic hydroxyl groups excluding tert-OH is 1. The fraction of sp³-hybridized carbons (Fsp3) is 0.913. The van der Waals surface area contributed by atoms with Gasteiger partial charge in [-0.2, -0.15) is 0 Å². The molecule has 4 aliphatic carbocycles. The van der Waals surface area contributed by atoms with Crippen LogP contribution in [0.4, 0.5) is 0 Å². The zero-order chi connectivity index (χ0) is 19.6. The van der Waals surface area contributed by atoms with E-state index in [1.807, 2.05) is 6.92 Å². The number of ketones is 1. The molecule has 9 atom stereocenters. The van der Waals surface area contributed by atoms with Crippen molar-refractivity contribution in [3.8, 4) is 0 Å². The van der Waals surface area contributed by atoms with Crippen LogP contribution in [0.5, 0.6) is 0 Å². The van der Waals surface area contributed by atoms with Crippen LogP contribution in [0.2, 0.25) is 0 Å². The predicted molar refractivity (Wildman–Crippen MR) is 103 cm³/mol. The molecular formula is C23H36O4. The Morgan fingerprint density at radius 1 is 1.15 bits per heavy atom. The molecule has 27 heavy (non-hydrogen) atoms. The Morgan fingerprint density at radius 2 is 1.89 bits per heavy atom. The predicted octanol–water partition coefficient (Wildman–Crippen LogP) is 4.14. The smallest absolute Gasteiger partial charge is 0.302 e. The molecule has 0 heterocycles. The van der Waals surface area contributed by atoms with E-state index in [0.29, 0.717) is 35.9 Å². The third-order valence-electron chi connectivity index (χ3n) is 9.46. The van der Waals surface area contributed by atoms with Gasteiger partial charge >= 0.3 is 5.97 Å². The molecule has 0 aromatic heterocycles. The number of carbonyl (C=O) groups is 2. The zero-order valence-electron chi connectivity index (χ0n) is 17.4. The minimum atomic E-state index is -0.397. The molecule has 4 heteroatoms. The van der Waals surface area contributed by atoms with E-state index < -0.39 is 6.10 Å². The number of rotatable bonds is 2. The largest absolute Gasteiger partial charge is 0.463 e. The Labute approximate surface area is 163 Å². The number of hydrogen-bond acceptors (Lipinski definition) is 4. The van der Waals surface area contributed by atoms with Crippen LogP contribution in [0.1, 0.15) is 79.1 Å². The number of carbonyl (C=O) groups excluding carboxylic acids is 2. The van der Waals surface area contributed by atoms with Crippen molar-refractivity contribution >= 4 is 11.8 Å². The van der Waals surface area contributed by atoms with Crippen LogP contribution in [0, 0.1) is 40.4 Å². The second-order valence-electron chi connectivity index (χ2n) is 10.5. The highest BCUT2D eigenvalue weighted by Gasteiger charge is 2.64. The molecular weight excluding hydrogens is 340 g/mol. The van der Waals surface area contributed by atoms with E-state index in [4.69, 9.17) is 4.74 Å². The second-order valence-corrected chi connectivity index (χ2v) is 10.5. The van der Waals surface area contributed by atoms with Crippen molar-refractivity contribution in [2.45, 2.75) is 91.3 Å².